The summed E-state index contributed by atoms with van der Waals surface area (Å²) in [6.07, 6.45) is 3.02. The molecule has 96 valence electrons. The molecule has 2 aromatic rings. The second-order valence-electron chi connectivity index (χ2n) is 5.10. The van der Waals surface area contributed by atoms with Crippen molar-refractivity contribution in [1.29, 1.82) is 0 Å². The van der Waals surface area contributed by atoms with E-state index in [2.05, 4.69) is 49.0 Å². The lowest BCUT2D eigenvalue weighted by Gasteiger charge is -2.10. The molecule has 0 aromatic heterocycles. The summed E-state index contributed by atoms with van der Waals surface area (Å²) in [5, 5.41) is 0. The Bertz CT molecular complexity index is 618. The highest BCUT2D eigenvalue weighted by molar-refractivity contribution is 7.06. The van der Waals surface area contributed by atoms with Gasteiger partial charge >= 0.3 is 0 Å². The molecule has 0 heterocycles. The molecule has 1 aliphatic rings. The summed E-state index contributed by atoms with van der Waals surface area (Å²) in [7, 11) is -1.21. The van der Waals surface area contributed by atoms with Crippen LogP contribution in [0.25, 0.3) is 11.1 Å². The van der Waals surface area contributed by atoms with Crippen molar-refractivity contribution in [3.8, 4) is 11.1 Å². The van der Waals surface area contributed by atoms with E-state index in [1.165, 1.54) is 27.8 Å². The number of benzene rings is 2. The molecule has 1 aliphatic carbocycles. The Morgan fingerprint density at radius 2 is 1.89 bits per heavy atom. The highest BCUT2D eigenvalue weighted by atomic mass is 35.6. The molecule has 0 nitrogen and oxygen atoms in total. The third-order valence-electron chi connectivity index (χ3n) is 3.81. The van der Waals surface area contributed by atoms with Gasteiger partial charge in [-0.05, 0) is 46.3 Å². The largest absolute Gasteiger partial charge is 0.171 e. The fourth-order valence-corrected chi connectivity index (χ4v) is 5.18. The number of rotatable bonds is 4. The molecule has 2 aromatic carbocycles. The van der Waals surface area contributed by atoms with Gasteiger partial charge in [-0.25, -0.2) is 0 Å². The summed E-state index contributed by atoms with van der Waals surface area (Å²) < 4.78 is 0. The average molecular weight is 285 g/mol. The first-order valence-electron chi connectivity index (χ1n) is 6.73. The van der Waals surface area contributed by atoms with Crippen LogP contribution in [0.5, 0.6) is 0 Å². The van der Waals surface area contributed by atoms with E-state index < -0.39 is 8.11 Å². The van der Waals surface area contributed by atoms with E-state index in [9.17, 15) is 0 Å². The second-order valence-corrected chi connectivity index (χ2v) is 9.03. The van der Waals surface area contributed by atoms with Gasteiger partial charge in [0, 0.05) is 0 Å². The van der Waals surface area contributed by atoms with E-state index in [4.69, 9.17) is 11.1 Å². The van der Waals surface area contributed by atoms with Gasteiger partial charge in [0.15, 0.2) is 0 Å². The van der Waals surface area contributed by atoms with Crippen LogP contribution in [0.4, 0.5) is 0 Å². The van der Waals surface area contributed by atoms with Gasteiger partial charge in [0.25, 0.3) is 0 Å². The molecule has 0 saturated heterocycles. The second kappa shape index (κ2) is 5.36. The van der Waals surface area contributed by atoms with E-state index in [1.807, 2.05) is 6.08 Å². The SMILES string of the molecule is C=CC[SiH](Cl)Cc1cccc2c1Cc1ccccc1-2. The maximum Gasteiger partial charge on any atom is 0.149 e. The Hall–Kier alpha value is -1.31. The van der Waals surface area contributed by atoms with Crippen LogP contribution >= 0.6 is 11.1 Å². The van der Waals surface area contributed by atoms with Crippen molar-refractivity contribution >= 4 is 19.2 Å². The lowest BCUT2D eigenvalue weighted by atomic mass is 10.0. The standard InChI is InChI=1S/C17H17ClSi/c1-2-10-19(18)12-14-7-5-9-16-15-8-4-3-6-13(15)11-17(14)16/h2-9,19H,1,10-12H2. The fourth-order valence-electron chi connectivity index (χ4n) is 2.92. The molecule has 0 spiro atoms. The predicted molar refractivity (Wildman–Crippen MR) is 86.4 cm³/mol. The van der Waals surface area contributed by atoms with Gasteiger partial charge in [-0.15, -0.1) is 6.58 Å². The summed E-state index contributed by atoms with van der Waals surface area (Å²) in [5.74, 6) is 0. The number of hydrogen-bond acceptors (Lipinski definition) is 0. The highest BCUT2D eigenvalue weighted by Gasteiger charge is 2.21. The van der Waals surface area contributed by atoms with Crippen LogP contribution in [-0.4, -0.2) is 8.11 Å². The molecule has 19 heavy (non-hydrogen) atoms. The number of halogens is 1. The molecule has 0 fully saturated rings. The van der Waals surface area contributed by atoms with E-state index in [1.54, 1.807) is 0 Å². The summed E-state index contributed by atoms with van der Waals surface area (Å²) in [6.45, 7) is 3.80. The topological polar surface area (TPSA) is 0 Å². The monoisotopic (exact) mass is 284 g/mol. The normalized spacial score (nSPS) is 13.7. The number of allylic oxidation sites excluding steroid dienone is 1. The number of hydrogen-bond donors (Lipinski definition) is 0. The molecule has 0 aliphatic heterocycles. The molecule has 0 N–H and O–H groups in total. The molecular weight excluding hydrogens is 268 g/mol. The molecule has 1 unspecified atom stereocenters. The van der Waals surface area contributed by atoms with Crippen LogP contribution in [-0.2, 0) is 12.5 Å². The maximum absolute atomic E-state index is 6.50. The minimum atomic E-state index is -1.21. The molecule has 0 bridgehead atoms. The molecular formula is C17H17ClSi. The van der Waals surface area contributed by atoms with Gasteiger partial charge in [-0.1, -0.05) is 48.5 Å². The van der Waals surface area contributed by atoms with Crippen molar-refractivity contribution in [3.63, 3.8) is 0 Å². The first kappa shape index (κ1) is 12.7. The Morgan fingerprint density at radius 3 is 2.74 bits per heavy atom. The first-order valence-corrected chi connectivity index (χ1v) is 10.1. The zero-order valence-corrected chi connectivity index (χ0v) is 12.8. The van der Waals surface area contributed by atoms with Crippen LogP contribution in [0.1, 0.15) is 16.7 Å². The van der Waals surface area contributed by atoms with Gasteiger partial charge in [0.2, 0.25) is 0 Å². The first-order chi connectivity index (χ1) is 9.29. The van der Waals surface area contributed by atoms with Gasteiger partial charge in [-0.3, -0.25) is 0 Å². The predicted octanol–water partition coefficient (Wildman–Crippen LogP) is 4.49. The summed E-state index contributed by atoms with van der Waals surface area (Å²) in [5.41, 5.74) is 7.19. The lowest BCUT2D eigenvalue weighted by Crippen LogP contribution is -2.09. The van der Waals surface area contributed by atoms with E-state index in [0.717, 1.165) is 18.5 Å². The highest BCUT2D eigenvalue weighted by Crippen LogP contribution is 2.38. The summed E-state index contributed by atoms with van der Waals surface area (Å²) >= 11 is 6.50. The Balaban J connectivity index is 1.96. The van der Waals surface area contributed by atoms with Crippen LogP contribution in [0.15, 0.2) is 55.1 Å². The van der Waals surface area contributed by atoms with Gasteiger partial charge in [-0.2, -0.15) is 11.1 Å². The fraction of sp³-hybridized carbons (Fsp3) is 0.176. The molecule has 2 heteroatoms. The Kier molecular flexibility index (Phi) is 3.58. The average Bonchev–Trinajstić information content (AvgIpc) is 2.79. The van der Waals surface area contributed by atoms with Crippen molar-refractivity contribution in [2.24, 2.45) is 0 Å². The van der Waals surface area contributed by atoms with Crippen molar-refractivity contribution in [2.45, 2.75) is 18.5 Å². The minimum Gasteiger partial charge on any atom is -0.171 e. The van der Waals surface area contributed by atoms with Crippen LogP contribution in [0.2, 0.25) is 6.04 Å². The van der Waals surface area contributed by atoms with Gasteiger partial charge < -0.3 is 0 Å². The van der Waals surface area contributed by atoms with Crippen LogP contribution in [0.3, 0.4) is 0 Å². The molecule has 0 saturated carbocycles. The third kappa shape index (κ3) is 2.40. The minimum absolute atomic E-state index is 0.998. The van der Waals surface area contributed by atoms with E-state index >= 15 is 0 Å². The Labute approximate surface area is 121 Å². The molecule has 1 atom stereocenters. The smallest absolute Gasteiger partial charge is 0.149 e. The zero-order chi connectivity index (χ0) is 13.2. The van der Waals surface area contributed by atoms with E-state index in [0.29, 0.717) is 0 Å². The quantitative estimate of drug-likeness (QED) is 0.376. The van der Waals surface area contributed by atoms with Crippen molar-refractivity contribution in [3.05, 3.63) is 71.8 Å². The van der Waals surface area contributed by atoms with E-state index in [-0.39, 0.29) is 0 Å². The lowest BCUT2D eigenvalue weighted by molar-refractivity contribution is 1.19. The molecule has 0 amide bonds. The molecule has 3 rings (SSSR count). The Morgan fingerprint density at radius 1 is 1.11 bits per heavy atom. The van der Waals surface area contributed by atoms with Crippen LogP contribution < -0.4 is 0 Å². The third-order valence-corrected chi connectivity index (χ3v) is 6.54. The summed E-state index contributed by atoms with van der Waals surface area (Å²) in [6, 6.07) is 17.4. The van der Waals surface area contributed by atoms with Crippen LogP contribution in [0, 0.1) is 0 Å². The van der Waals surface area contributed by atoms with Gasteiger partial charge in [0.05, 0.1) is 0 Å². The number of fused-ring (bicyclic) bond motifs is 3. The maximum atomic E-state index is 6.50. The van der Waals surface area contributed by atoms with Crippen molar-refractivity contribution in [2.75, 3.05) is 0 Å². The van der Waals surface area contributed by atoms with Gasteiger partial charge in [0.1, 0.15) is 8.11 Å². The zero-order valence-electron chi connectivity index (χ0n) is 10.9. The van der Waals surface area contributed by atoms with Crippen molar-refractivity contribution in [1.82, 2.24) is 0 Å². The van der Waals surface area contributed by atoms with Crippen molar-refractivity contribution < 1.29 is 0 Å². The molecule has 0 radical (unpaired) electrons. The summed E-state index contributed by atoms with van der Waals surface area (Å²) in [4.78, 5) is 0.